The lowest BCUT2D eigenvalue weighted by molar-refractivity contribution is -0.137. The third-order valence-electron chi connectivity index (χ3n) is 5.16. The topological polar surface area (TPSA) is 63.1 Å². The number of alkyl halides is 3. The quantitative estimate of drug-likeness (QED) is 0.447. The van der Waals surface area contributed by atoms with Crippen LogP contribution in [-0.2, 0) is 11.0 Å². The Kier molecular flexibility index (Phi) is 7.14. The molecule has 33 heavy (non-hydrogen) atoms. The van der Waals surface area contributed by atoms with Gasteiger partial charge in [0.1, 0.15) is 0 Å². The second-order valence-corrected chi connectivity index (χ2v) is 8.90. The van der Waals surface area contributed by atoms with Gasteiger partial charge in [0.2, 0.25) is 11.9 Å². The number of thioether (sulfide) groups is 1. The van der Waals surface area contributed by atoms with Crippen LogP contribution in [0, 0.1) is 0 Å². The first kappa shape index (κ1) is 23.4. The van der Waals surface area contributed by atoms with Crippen LogP contribution in [0.25, 0.3) is 5.69 Å². The largest absolute Gasteiger partial charge is 0.418 e. The molecule has 1 amide bonds. The van der Waals surface area contributed by atoms with E-state index >= 15 is 0 Å². The smallest absolute Gasteiger partial charge is 0.341 e. The summed E-state index contributed by atoms with van der Waals surface area (Å²) in [5.41, 5.74) is -0.479. The summed E-state index contributed by atoms with van der Waals surface area (Å²) in [6.07, 6.45) is -1.34. The van der Waals surface area contributed by atoms with Gasteiger partial charge in [-0.2, -0.15) is 13.2 Å². The van der Waals surface area contributed by atoms with Gasteiger partial charge in [0.25, 0.3) is 0 Å². The van der Waals surface area contributed by atoms with Gasteiger partial charge in [-0.05, 0) is 49.6 Å². The minimum Gasteiger partial charge on any atom is -0.341 e. The molecule has 0 spiro atoms. The molecule has 6 nitrogen and oxygen atoms in total. The molecule has 11 heteroatoms. The van der Waals surface area contributed by atoms with Crippen molar-refractivity contribution < 1.29 is 18.0 Å². The Morgan fingerprint density at radius 1 is 1.06 bits per heavy atom. The standard InChI is InChI=1S/C22H21ClF3N5OS/c23-15-9-10-18(17(13-15)22(24,25)26)27-19(32)14-33-21-29-28-20(30-11-5-2-6-12-30)31(21)16-7-3-1-4-8-16/h1,3-4,7-10,13H,2,5-6,11-12,14H2,(H,27,32). The minimum absolute atomic E-state index is 0.0593. The average Bonchev–Trinajstić information content (AvgIpc) is 3.23. The van der Waals surface area contributed by atoms with Crippen molar-refractivity contribution in [1.82, 2.24) is 14.8 Å². The van der Waals surface area contributed by atoms with E-state index in [0.29, 0.717) is 11.1 Å². The van der Waals surface area contributed by atoms with Crippen LogP contribution in [0.2, 0.25) is 5.02 Å². The predicted molar refractivity (Wildman–Crippen MR) is 123 cm³/mol. The molecule has 1 aliphatic rings. The summed E-state index contributed by atoms with van der Waals surface area (Å²) in [6, 6.07) is 12.8. The number of hydrogen-bond acceptors (Lipinski definition) is 5. The molecule has 174 valence electrons. The lowest BCUT2D eigenvalue weighted by Gasteiger charge is -2.27. The first-order valence-electron chi connectivity index (χ1n) is 10.4. The molecule has 0 saturated carbocycles. The van der Waals surface area contributed by atoms with E-state index in [0.717, 1.165) is 55.5 Å². The molecule has 4 rings (SSSR count). The summed E-state index contributed by atoms with van der Waals surface area (Å²) in [5, 5.41) is 11.4. The van der Waals surface area contributed by atoms with Crippen LogP contribution < -0.4 is 10.2 Å². The summed E-state index contributed by atoms with van der Waals surface area (Å²) in [4.78, 5) is 14.7. The van der Waals surface area contributed by atoms with E-state index in [1.54, 1.807) is 0 Å². The van der Waals surface area contributed by atoms with Gasteiger partial charge in [0.15, 0.2) is 5.16 Å². The average molecular weight is 496 g/mol. The highest BCUT2D eigenvalue weighted by molar-refractivity contribution is 7.99. The van der Waals surface area contributed by atoms with Crippen LogP contribution in [0.15, 0.2) is 53.7 Å². The Balaban J connectivity index is 1.53. The Hall–Kier alpha value is -2.72. The van der Waals surface area contributed by atoms with Gasteiger partial charge in [-0.3, -0.25) is 9.36 Å². The van der Waals surface area contributed by atoms with Crippen molar-refractivity contribution >= 4 is 40.9 Å². The fourth-order valence-electron chi connectivity index (χ4n) is 3.63. The second kappa shape index (κ2) is 10.0. The Bertz CT molecular complexity index is 1120. The van der Waals surface area contributed by atoms with Gasteiger partial charge in [0, 0.05) is 18.1 Å². The van der Waals surface area contributed by atoms with Crippen molar-refractivity contribution in [3.63, 3.8) is 0 Å². The number of rotatable bonds is 6. The molecule has 1 fully saturated rings. The van der Waals surface area contributed by atoms with E-state index in [1.165, 1.54) is 12.5 Å². The molecule has 1 aromatic heterocycles. The predicted octanol–water partition coefficient (Wildman–Crippen LogP) is 5.66. The van der Waals surface area contributed by atoms with Gasteiger partial charge < -0.3 is 10.2 Å². The van der Waals surface area contributed by atoms with E-state index in [9.17, 15) is 18.0 Å². The molecule has 1 aliphatic heterocycles. The van der Waals surface area contributed by atoms with E-state index in [4.69, 9.17) is 11.6 Å². The molecular weight excluding hydrogens is 475 g/mol. The van der Waals surface area contributed by atoms with Gasteiger partial charge in [-0.15, -0.1) is 10.2 Å². The molecule has 3 aromatic rings. The van der Waals surface area contributed by atoms with Gasteiger partial charge in [-0.25, -0.2) is 0 Å². The summed E-state index contributed by atoms with van der Waals surface area (Å²) >= 11 is 6.82. The third-order valence-corrected chi connectivity index (χ3v) is 6.33. The normalized spacial score (nSPS) is 14.4. The molecule has 0 bridgehead atoms. The fraction of sp³-hybridized carbons (Fsp3) is 0.318. The minimum atomic E-state index is -4.64. The van der Waals surface area contributed by atoms with Crippen molar-refractivity contribution in [2.24, 2.45) is 0 Å². The fourth-order valence-corrected chi connectivity index (χ4v) is 4.55. The van der Waals surface area contributed by atoms with Crippen LogP contribution in [-0.4, -0.2) is 39.5 Å². The highest BCUT2D eigenvalue weighted by Gasteiger charge is 2.34. The Labute approximate surface area is 198 Å². The zero-order chi connectivity index (χ0) is 23.4. The molecule has 1 saturated heterocycles. The Morgan fingerprint density at radius 3 is 2.48 bits per heavy atom. The number of benzene rings is 2. The lowest BCUT2D eigenvalue weighted by atomic mass is 10.1. The second-order valence-electron chi connectivity index (χ2n) is 7.53. The first-order chi connectivity index (χ1) is 15.8. The molecule has 2 heterocycles. The number of piperidine rings is 1. The number of nitrogens with one attached hydrogen (secondary N) is 1. The molecule has 1 N–H and O–H groups in total. The van der Waals surface area contributed by atoms with E-state index in [-0.39, 0.29) is 16.5 Å². The highest BCUT2D eigenvalue weighted by atomic mass is 35.5. The maximum atomic E-state index is 13.3. The van der Waals surface area contributed by atoms with E-state index < -0.39 is 17.6 Å². The lowest BCUT2D eigenvalue weighted by Crippen LogP contribution is -2.31. The highest BCUT2D eigenvalue weighted by Crippen LogP contribution is 2.36. The molecule has 0 atom stereocenters. The zero-order valence-electron chi connectivity index (χ0n) is 17.5. The monoisotopic (exact) mass is 495 g/mol. The number of amides is 1. The van der Waals surface area contributed by atoms with Crippen molar-refractivity contribution in [2.75, 3.05) is 29.1 Å². The number of halogens is 4. The van der Waals surface area contributed by atoms with Crippen molar-refractivity contribution in [1.29, 1.82) is 0 Å². The maximum Gasteiger partial charge on any atom is 0.418 e. The van der Waals surface area contributed by atoms with Gasteiger partial charge in [-0.1, -0.05) is 41.6 Å². The molecule has 0 radical (unpaired) electrons. The van der Waals surface area contributed by atoms with Crippen molar-refractivity contribution in [3.05, 3.63) is 59.1 Å². The van der Waals surface area contributed by atoms with Gasteiger partial charge in [0.05, 0.1) is 22.7 Å². The van der Waals surface area contributed by atoms with Crippen LogP contribution in [0.3, 0.4) is 0 Å². The Morgan fingerprint density at radius 2 is 1.79 bits per heavy atom. The third kappa shape index (κ3) is 5.62. The van der Waals surface area contributed by atoms with Crippen LogP contribution in [0.4, 0.5) is 24.8 Å². The number of carbonyl (C=O) groups is 1. The van der Waals surface area contributed by atoms with Crippen LogP contribution in [0.1, 0.15) is 24.8 Å². The summed E-state index contributed by atoms with van der Waals surface area (Å²) < 4.78 is 41.8. The van der Waals surface area contributed by atoms with E-state index in [2.05, 4.69) is 20.4 Å². The van der Waals surface area contributed by atoms with E-state index in [1.807, 2.05) is 34.9 Å². The van der Waals surface area contributed by atoms with Crippen molar-refractivity contribution in [3.8, 4) is 5.69 Å². The number of nitrogens with zero attached hydrogens (tertiary/aromatic N) is 4. The number of carbonyl (C=O) groups excluding carboxylic acids is 1. The molecular formula is C22H21ClF3N5OS. The van der Waals surface area contributed by atoms with Crippen LogP contribution in [0.5, 0.6) is 0 Å². The van der Waals surface area contributed by atoms with Crippen LogP contribution >= 0.6 is 23.4 Å². The molecule has 2 aromatic carbocycles. The summed E-state index contributed by atoms with van der Waals surface area (Å²) in [5.74, 6) is -0.0268. The summed E-state index contributed by atoms with van der Waals surface area (Å²) in [7, 11) is 0. The van der Waals surface area contributed by atoms with Gasteiger partial charge >= 0.3 is 6.18 Å². The number of aromatic nitrogens is 3. The molecule has 0 unspecified atom stereocenters. The maximum absolute atomic E-state index is 13.3. The zero-order valence-corrected chi connectivity index (χ0v) is 19.1. The molecule has 0 aliphatic carbocycles. The first-order valence-corrected chi connectivity index (χ1v) is 11.7. The number of para-hydroxylation sites is 1. The number of anilines is 2. The summed E-state index contributed by atoms with van der Waals surface area (Å²) in [6.45, 7) is 1.74. The SMILES string of the molecule is O=C(CSc1nnc(N2CCCCC2)n1-c1ccccc1)Nc1ccc(Cl)cc1C(F)(F)F. The van der Waals surface area contributed by atoms with Crippen molar-refractivity contribution in [2.45, 2.75) is 30.6 Å². The number of hydrogen-bond donors (Lipinski definition) is 1.